The summed E-state index contributed by atoms with van der Waals surface area (Å²) >= 11 is 0. The molecular formula is C21H16NO4+. The van der Waals surface area contributed by atoms with Crippen molar-refractivity contribution in [2.24, 2.45) is 0 Å². The van der Waals surface area contributed by atoms with Gasteiger partial charge in [0.25, 0.3) is 0 Å². The molecule has 0 fully saturated rings. The fraction of sp³-hybridized carbons (Fsp3) is 0.0476. The summed E-state index contributed by atoms with van der Waals surface area (Å²) in [4.78, 5) is 12.0. The summed E-state index contributed by atoms with van der Waals surface area (Å²) in [5.41, 5.74) is 1.41. The molecule has 0 spiro atoms. The van der Waals surface area contributed by atoms with Gasteiger partial charge in [0.15, 0.2) is 0 Å². The lowest BCUT2D eigenvalue weighted by atomic mass is 10.1. The Morgan fingerprint density at radius 2 is 1.65 bits per heavy atom. The highest BCUT2D eigenvalue weighted by Gasteiger charge is 2.36. The SMILES string of the molecule is COC(=O)c1oc(-c2ccc3ccccc3c2)[n+](-c2ccccc2)c1O. The lowest BCUT2D eigenvalue weighted by Crippen LogP contribution is -2.31. The minimum absolute atomic E-state index is 0.237. The summed E-state index contributed by atoms with van der Waals surface area (Å²) in [7, 11) is 1.24. The van der Waals surface area contributed by atoms with E-state index in [9.17, 15) is 9.90 Å². The molecule has 0 unspecified atom stereocenters. The van der Waals surface area contributed by atoms with Gasteiger partial charge in [0.1, 0.15) is 0 Å². The van der Waals surface area contributed by atoms with Crippen LogP contribution in [-0.2, 0) is 4.74 Å². The molecule has 3 aromatic carbocycles. The Hall–Kier alpha value is -3.60. The quantitative estimate of drug-likeness (QED) is 0.452. The van der Waals surface area contributed by atoms with Gasteiger partial charge in [-0.05, 0) is 22.9 Å². The van der Waals surface area contributed by atoms with Crippen molar-refractivity contribution in [2.75, 3.05) is 7.11 Å². The summed E-state index contributed by atoms with van der Waals surface area (Å²) in [6.45, 7) is 0. The van der Waals surface area contributed by atoms with E-state index in [1.807, 2.05) is 72.8 Å². The molecule has 0 aliphatic heterocycles. The first-order valence-electron chi connectivity index (χ1n) is 8.10. The Morgan fingerprint density at radius 1 is 0.962 bits per heavy atom. The summed E-state index contributed by atoms with van der Waals surface area (Å²) in [6.07, 6.45) is 0. The molecule has 0 amide bonds. The number of fused-ring (bicyclic) bond motifs is 1. The number of hydrogen-bond acceptors (Lipinski definition) is 4. The van der Waals surface area contributed by atoms with Crippen LogP contribution in [0.4, 0.5) is 0 Å². The monoisotopic (exact) mass is 346 g/mol. The lowest BCUT2D eigenvalue weighted by Gasteiger charge is -2.00. The number of hydrogen-bond donors (Lipinski definition) is 1. The molecule has 5 nitrogen and oxygen atoms in total. The Labute approximate surface area is 149 Å². The fourth-order valence-electron chi connectivity index (χ4n) is 2.94. The molecule has 0 radical (unpaired) electrons. The van der Waals surface area contributed by atoms with Crippen LogP contribution in [0.15, 0.2) is 77.2 Å². The van der Waals surface area contributed by atoms with Crippen molar-refractivity contribution in [3.8, 4) is 23.0 Å². The highest BCUT2D eigenvalue weighted by Crippen LogP contribution is 2.29. The average molecular weight is 346 g/mol. The van der Waals surface area contributed by atoms with Crippen LogP contribution in [0.5, 0.6) is 5.88 Å². The van der Waals surface area contributed by atoms with Crippen LogP contribution < -0.4 is 4.57 Å². The maximum atomic E-state index is 12.0. The first-order chi connectivity index (χ1) is 12.7. The second kappa shape index (κ2) is 6.37. The van der Waals surface area contributed by atoms with Crippen molar-refractivity contribution in [3.63, 3.8) is 0 Å². The minimum atomic E-state index is -0.737. The zero-order chi connectivity index (χ0) is 18.1. The molecule has 1 heterocycles. The Morgan fingerprint density at radius 3 is 2.38 bits per heavy atom. The molecule has 0 atom stereocenters. The van der Waals surface area contributed by atoms with E-state index < -0.39 is 5.97 Å². The van der Waals surface area contributed by atoms with Gasteiger partial charge in [-0.1, -0.05) is 53.1 Å². The number of nitrogens with zero attached hydrogens (tertiary/aromatic N) is 1. The number of esters is 1. The van der Waals surface area contributed by atoms with Crippen molar-refractivity contribution < 1.29 is 23.6 Å². The lowest BCUT2D eigenvalue weighted by molar-refractivity contribution is -0.594. The standard InChI is InChI=1S/C21H15NO4/c1-25-21(24)18-19(23)22(17-9-3-2-4-10-17)20(26-18)16-12-11-14-7-5-6-8-15(14)13-16/h2-13H,1H3/p+1. The van der Waals surface area contributed by atoms with E-state index in [0.717, 1.165) is 16.3 Å². The zero-order valence-electron chi connectivity index (χ0n) is 14.0. The summed E-state index contributed by atoms with van der Waals surface area (Å²) in [5, 5.41) is 12.7. The smallest absolute Gasteiger partial charge is 0.426 e. The van der Waals surface area contributed by atoms with Crippen molar-refractivity contribution in [1.29, 1.82) is 0 Å². The maximum Gasteiger partial charge on any atom is 0.426 e. The third-order valence-corrected chi connectivity index (χ3v) is 4.20. The number of carbonyl (C=O) groups is 1. The summed E-state index contributed by atoms with van der Waals surface area (Å²) in [5.74, 6) is -0.926. The molecule has 1 aromatic heterocycles. The maximum absolute atomic E-state index is 12.0. The van der Waals surface area contributed by atoms with E-state index in [-0.39, 0.29) is 11.6 Å². The van der Waals surface area contributed by atoms with Crippen LogP contribution in [0.1, 0.15) is 10.6 Å². The number of carbonyl (C=O) groups excluding carboxylic acids is 1. The van der Waals surface area contributed by atoms with Crippen molar-refractivity contribution in [1.82, 2.24) is 0 Å². The van der Waals surface area contributed by atoms with Crippen LogP contribution in [0, 0.1) is 0 Å². The second-order valence-corrected chi connectivity index (χ2v) is 5.78. The van der Waals surface area contributed by atoms with Gasteiger partial charge in [-0.2, -0.15) is 0 Å². The Bertz CT molecular complexity index is 1100. The third kappa shape index (κ3) is 2.59. The van der Waals surface area contributed by atoms with Crippen LogP contribution in [0.25, 0.3) is 27.9 Å². The molecular weight excluding hydrogens is 330 g/mol. The molecule has 5 heteroatoms. The van der Waals surface area contributed by atoms with Crippen LogP contribution in [0.2, 0.25) is 0 Å². The first kappa shape index (κ1) is 15.9. The molecule has 0 bridgehead atoms. The molecule has 0 saturated carbocycles. The van der Waals surface area contributed by atoms with Gasteiger partial charge in [-0.3, -0.25) is 0 Å². The number of rotatable bonds is 3. The normalized spacial score (nSPS) is 10.8. The zero-order valence-corrected chi connectivity index (χ0v) is 14.0. The summed E-state index contributed by atoms with van der Waals surface area (Å²) in [6, 6.07) is 23.0. The topological polar surface area (TPSA) is 63.5 Å². The van der Waals surface area contributed by atoms with Gasteiger partial charge in [-0.15, -0.1) is 0 Å². The number of aromatic nitrogens is 1. The van der Waals surface area contributed by atoms with E-state index in [1.165, 1.54) is 11.7 Å². The van der Waals surface area contributed by atoms with Gasteiger partial charge in [0.05, 0.1) is 12.7 Å². The van der Waals surface area contributed by atoms with E-state index in [0.29, 0.717) is 11.6 Å². The van der Waals surface area contributed by atoms with Crippen molar-refractivity contribution in [2.45, 2.75) is 0 Å². The van der Waals surface area contributed by atoms with Gasteiger partial charge in [0, 0.05) is 12.1 Å². The molecule has 0 aliphatic carbocycles. The highest BCUT2D eigenvalue weighted by molar-refractivity contribution is 5.89. The molecule has 1 N–H and O–H groups in total. The van der Waals surface area contributed by atoms with Crippen molar-refractivity contribution >= 4 is 16.7 Å². The first-order valence-corrected chi connectivity index (χ1v) is 8.10. The molecule has 4 aromatic rings. The van der Waals surface area contributed by atoms with Crippen LogP contribution in [-0.4, -0.2) is 18.2 Å². The van der Waals surface area contributed by atoms with Crippen molar-refractivity contribution in [3.05, 3.63) is 78.6 Å². The van der Waals surface area contributed by atoms with E-state index >= 15 is 0 Å². The number of benzene rings is 3. The summed E-state index contributed by atoms with van der Waals surface area (Å²) < 4.78 is 11.9. The number of aromatic hydroxyl groups is 1. The Balaban J connectivity index is 1.98. The van der Waals surface area contributed by atoms with Gasteiger partial charge < -0.3 is 14.3 Å². The molecule has 0 aliphatic rings. The largest absolute Gasteiger partial charge is 0.463 e. The van der Waals surface area contributed by atoms with E-state index in [1.54, 1.807) is 0 Å². The highest BCUT2D eigenvalue weighted by atomic mass is 16.5. The predicted molar refractivity (Wildman–Crippen MR) is 96.2 cm³/mol. The number of para-hydroxylation sites is 1. The third-order valence-electron chi connectivity index (χ3n) is 4.20. The van der Waals surface area contributed by atoms with Crippen LogP contribution in [0.3, 0.4) is 0 Å². The fourth-order valence-corrected chi connectivity index (χ4v) is 2.94. The van der Waals surface area contributed by atoms with Gasteiger partial charge in [-0.25, -0.2) is 4.79 Å². The van der Waals surface area contributed by atoms with E-state index in [4.69, 9.17) is 9.15 Å². The van der Waals surface area contributed by atoms with Gasteiger partial charge in [0.2, 0.25) is 5.69 Å². The molecule has 0 saturated heterocycles. The predicted octanol–water partition coefficient (Wildman–Crippen LogP) is 3.87. The molecule has 26 heavy (non-hydrogen) atoms. The molecule has 4 rings (SSSR count). The van der Waals surface area contributed by atoms with E-state index in [2.05, 4.69) is 0 Å². The Kier molecular flexibility index (Phi) is 3.89. The number of ether oxygens (including phenoxy) is 1. The van der Waals surface area contributed by atoms with Crippen LogP contribution >= 0.6 is 0 Å². The second-order valence-electron chi connectivity index (χ2n) is 5.78. The molecule has 128 valence electrons. The average Bonchev–Trinajstić information content (AvgIpc) is 3.05. The number of oxazole rings is 1. The number of methoxy groups -OCH3 is 1. The van der Waals surface area contributed by atoms with Gasteiger partial charge >= 0.3 is 23.5 Å². The minimum Gasteiger partial charge on any atom is -0.463 e.